The summed E-state index contributed by atoms with van der Waals surface area (Å²) in [4.78, 5) is 22.1. The van der Waals surface area contributed by atoms with Gasteiger partial charge in [0, 0.05) is 20.0 Å². The van der Waals surface area contributed by atoms with Crippen LogP contribution in [0.3, 0.4) is 0 Å². The van der Waals surface area contributed by atoms with Crippen LogP contribution in [0.1, 0.15) is 18.4 Å². The predicted molar refractivity (Wildman–Crippen MR) is 69.0 cm³/mol. The smallest absolute Gasteiger partial charge is 0.409 e. The Morgan fingerprint density at radius 1 is 1.32 bits per heavy atom. The third-order valence-corrected chi connectivity index (χ3v) is 2.43. The van der Waals surface area contributed by atoms with Gasteiger partial charge < -0.3 is 15.2 Å². The Hall–Kier alpha value is -2.08. The van der Waals surface area contributed by atoms with Crippen molar-refractivity contribution in [2.45, 2.75) is 25.7 Å². The highest BCUT2D eigenvalue weighted by Crippen LogP contribution is 2.02. The molecule has 0 aliphatic heterocycles. The summed E-state index contributed by atoms with van der Waals surface area (Å²) in [6, 6.07) is 9.32. The number of carbonyl (C=O) groups excluding carboxylic acids is 2. The van der Waals surface area contributed by atoms with Gasteiger partial charge in [-0.25, -0.2) is 4.79 Å². The van der Waals surface area contributed by atoms with Crippen molar-refractivity contribution >= 4 is 12.0 Å². The fourth-order valence-electron chi connectivity index (χ4n) is 1.42. The van der Waals surface area contributed by atoms with Gasteiger partial charge in [-0.15, -0.1) is 0 Å². The van der Waals surface area contributed by atoms with E-state index in [2.05, 4.69) is 5.32 Å². The number of alkyl carbamates (subject to hydrolysis) is 1. The van der Waals surface area contributed by atoms with Crippen LogP contribution >= 0.6 is 0 Å². The maximum Gasteiger partial charge on any atom is 0.409 e. The number of ether oxygens (including phenoxy) is 2. The first-order valence-corrected chi connectivity index (χ1v) is 5.90. The molecule has 0 heterocycles. The van der Waals surface area contributed by atoms with Gasteiger partial charge >= 0.3 is 6.09 Å². The van der Waals surface area contributed by atoms with Gasteiger partial charge in [-0.1, -0.05) is 30.3 Å². The SMILES string of the molecule is COC(CCC(N)=O)NC(=O)OCc1ccccc1. The first-order chi connectivity index (χ1) is 9.11. The molecule has 0 saturated heterocycles. The van der Waals surface area contributed by atoms with E-state index in [9.17, 15) is 9.59 Å². The molecule has 0 saturated carbocycles. The van der Waals surface area contributed by atoms with Crippen molar-refractivity contribution in [3.63, 3.8) is 0 Å². The van der Waals surface area contributed by atoms with Crippen molar-refractivity contribution in [1.29, 1.82) is 0 Å². The molecule has 0 spiro atoms. The number of amides is 2. The van der Waals surface area contributed by atoms with Gasteiger partial charge in [0.15, 0.2) is 0 Å². The van der Waals surface area contributed by atoms with Crippen molar-refractivity contribution in [1.82, 2.24) is 5.32 Å². The standard InChI is InChI=1S/C13H18N2O4/c1-18-12(8-7-11(14)16)15-13(17)19-9-10-5-3-2-4-6-10/h2-6,12H,7-9H2,1H3,(H2,14,16)(H,15,17). The lowest BCUT2D eigenvalue weighted by molar-refractivity contribution is -0.118. The second-order valence-corrected chi connectivity index (χ2v) is 3.94. The number of nitrogens with two attached hydrogens (primary N) is 1. The van der Waals surface area contributed by atoms with Crippen LogP contribution in [0.25, 0.3) is 0 Å². The number of nitrogens with one attached hydrogen (secondary N) is 1. The van der Waals surface area contributed by atoms with Crippen molar-refractivity contribution in [3.05, 3.63) is 35.9 Å². The molecule has 6 nitrogen and oxygen atoms in total. The van der Waals surface area contributed by atoms with Gasteiger partial charge in [0.05, 0.1) is 0 Å². The zero-order valence-electron chi connectivity index (χ0n) is 10.8. The molecule has 19 heavy (non-hydrogen) atoms. The van der Waals surface area contributed by atoms with Crippen molar-refractivity contribution < 1.29 is 19.1 Å². The molecule has 0 fully saturated rings. The minimum atomic E-state index is -0.597. The summed E-state index contributed by atoms with van der Waals surface area (Å²) >= 11 is 0. The Labute approximate surface area is 111 Å². The zero-order valence-corrected chi connectivity index (χ0v) is 10.8. The number of hydrogen-bond acceptors (Lipinski definition) is 4. The minimum Gasteiger partial charge on any atom is -0.445 e. The van der Waals surface area contributed by atoms with E-state index in [1.165, 1.54) is 7.11 Å². The van der Waals surface area contributed by atoms with Crippen LogP contribution in [0.4, 0.5) is 4.79 Å². The third-order valence-electron chi connectivity index (χ3n) is 2.43. The Kier molecular flexibility index (Phi) is 6.38. The summed E-state index contributed by atoms with van der Waals surface area (Å²) in [6.45, 7) is 0.179. The molecule has 1 unspecified atom stereocenters. The van der Waals surface area contributed by atoms with Crippen molar-refractivity contribution in [2.24, 2.45) is 5.73 Å². The monoisotopic (exact) mass is 266 g/mol. The van der Waals surface area contributed by atoms with Crippen LogP contribution in [0.15, 0.2) is 30.3 Å². The molecule has 0 aromatic heterocycles. The maximum absolute atomic E-state index is 11.5. The quantitative estimate of drug-likeness (QED) is 0.724. The molecule has 0 radical (unpaired) electrons. The molecule has 104 valence electrons. The first kappa shape index (κ1) is 15.0. The highest BCUT2D eigenvalue weighted by molar-refractivity contribution is 5.73. The molecule has 3 N–H and O–H groups in total. The zero-order chi connectivity index (χ0) is 14.1. The van der Waals surface area contributed by atoms with E-state index in [4.69, 9.17) is 15.2 Å². The van der Waals surface area contributed by atoms with Gasteiger partial charge in [0.1, 0.15) is 12.8 Å². The average Bonchev–Trinajstić information content (AvgIpc) is 2.42. The molecular formula is C13H18N2O4. The highest BCUT2D eigenvalue weighted by Gasteiger charge is 2.13. The van der Waals surface area contributed by atoms with Crippen LogP contribution in [0.2, 0.25) is 0 Å². The lowest BCUT2D eigenvalue weighted by Crippen LogP contribution is -2.37. The van der Waals surface area contributed by atoms with E-state index in [1.54, 1.807) is 0 Å². The van der Waals surface area contributed by atoms with E-state index < -0.39 is 18.2 Å². The van der Waals surface area contributed by atoms with Crippen molar-refractivity contribution in [3.8, 4) is 0 Å². The Balaban J connectivity index is 2.30. The van der Waals surface area contributed by atoms with Gasteiger partial charge in [0.2, 0.25) is 5.91 Å². The molecule has 1 aromatic rings. The average molecular weight is 266 g/mol. The van der Waals surface area contributed by atoms with Crippen LogP contribution in [-0.4, -0.2) is 25.3 Å². The molecule has 0 aliphatic rings. The van der Waals surface area contributed by atoms with E-state index in [1.807, 2.05) is 30.3 Å². The third kappa shape index (κ3) is 6.42. The molecule has 2 amide bonds. The van der Waals surface area contributed by atoms with E-state index >= 15 is 0 Å². The second-order valence-electron chi connectivity index (χ2n) is 3.94. The van der Waals surface area contributed by atoms with Crippen LogP contribution in [0.5, 0.6) is 0 Å². The summed E-state index contributed by atoms with van der Waals surface area (Å²) in [7, 11) is 1.43. The largest absolute Gasteiger partial charge is 0.445 e. The molecule has 6 heteroatoms. The van der Waals surface area contributed by atoms with Gasteiger partial charge in [-0.05, 0) is 5.56 Å². The van der Waals surface area contributed by atoms with E-state index in [0.717, 1.165) is 5.56 Å². The molecule has 0 bridgehead atoms. The predicted octanol–water partition coefficient (Wildman–Crippen LogP) is 1.15. The Morgan fingerprint density at radius 2 is 2.00 bits per heavy atom. The van der Waals surface area contributed by atoms with Crippen molar-refractivity contribution in [2.75, 3.05) is 7.11 Å². The second kappa shape index (κ2) is 8.10. The number of primary amides is 1. The molecule has 0 aliphatic carbocycles. The number of hydrogen-bond donors (Lipinski definition) is 2. The Bertz CT molecular complexity index is 408. The number of benzene rings is 1. The fraction of sp³-hybridized carbons (Fsp3) is 0.385. The maximum atomic E-state index is 11.5. The first-order valence-electron chi connectivity index (χ1n) is 5.90. The highest BCUT2D eigenvalue weighted by atomic mass is 16.6. The minimum absolute atomic E-state index is 0.136. The fourth-order valence-corrected chi connectivity index (χ4v) is 1.42. The van der Waals surface area contributed by atoms with Gasteiger partial charge in [0.25, 0.3) is 0 Å². The van der Waals surface area contributed by atoms with Gasteiger partial charge in [-0.2, -0.15) is 0 Å². The summed E-state index contributed by atoms with van der Waals surface area (Å²) < 4.78 is 10.0. The lowest BCUT2D eigenvalue weighted by Gasteiger charge is -2.16. The molecule has 1 aromatic carbocycles. The lowest BCUT2D eigenvalue weighted by atomic mass is 10.2. The van der Waals surface area contributed by atoms with E-state index in [-0.39, 0.29) is 13.0 Å². The van der Waals surface area contributed by atoms with Crippen LogP contribution in [0, 0.1) is 0 Å². The molecular weight excluding hydrogens is 248 g/mol. The number of carbonyl (C=O) groups is 2. The molecule has 1 atom stereocenters. The number of methoxy groups -OCH3 is 1. The molecule has 1 rings (SSSR count). The topological polar surface area (TPSA) is 90.6 Å². The normalized spacial score (nSPS) is 11.6. The van der Waals surface area contributed by atoms with Crippen LogP contribution in [-0.2, 0) is 20.9 Å². The summed E-state index contributed by atoms with van der Waals surface area (Å²) in [6.07, 6.45) is -0.736. The van der Waals surface area contributed by atoms with Gasteiger partial charge in [-0.3, -0.25) is 10.1 Å². The van der Waals surface area contributed by atoms with Crippen LogP contribution < -0.4 is 11.1 Å². The Morgan fingerprint density at radius 3 is 2.58 bits per heavy atom. The summed E-state index contributed by atoms with van der Waals surface area (Å²) in [5.74, 6) is -0.443. The summed E-state index contributed by atoms with van der Waals surface area (Å²) in [5.41, 5.74) is 5.91. The van der Waals surface area contributed by atoms with E-state index in [0.29, 0.717) is 6.42 Å². The number of rotatable bonds is 7. The summed E-state index contributed by atoms with van der Waals surface area (Å²) in [5, 5.41) is 2.50.